The third-order valence-corrected chi connectivity index (χ3v) is 5.54. The quantitative estimate of drug-likeness (QED) is 0.674. The molecular weight excluding hydrogens is 413 g/mol. The molecule has 28 heavy (non-hydrogen) atoms. The number of thioether (sulfide) groups is 1. The van der Waals surface area contributed by atoms with Crippen LogP contribution in [-0.4, -0.2) is 22.3 Å². The van der Waals surface area contributed by atoms with Crippen LogP contribution in [0.15, 0.2) is 47.1 Å². The maximum atomic E-state index is 13.1. The Kier molecular flexibility index (Phi) is 5.81. The number of carbonyl (C=O) groups is 2. The minimum Gasteiger partial charge on any atom is -0.351 e. The largest absolute Gasteiger partial charge is 0.417 e. The van der Waals surface area contributed by atoms with E-state index in [4.69, 9.17) is 11.6 Å². The SMILES string of the molecule is CCCSC1=C(Nc2ccc(Cl)c(C(F)(F)F)c2)C(=O)c2cccnc2C1=O. The first-order valence-corrected chi connectivity index (χ1v) is 9.65. The van der Waals surface area contributed by atoms with Crippen molar-refractivity contribution in [2.45, 2.75) is 19.5 Å². The molecule has 0 saturated carbocycles. The summed E-state index contributed by atoms with van der Waals surface area (Å²) in [4.78, 5) is 29.9. The molecular formula is C19H14ClF3N2O2S. The molecule has 1 N–H and O–H groups in total. The second-order valence-corrected chi connectivity index (χ2v) is 7.44. The van der Waals surface area contributed by atoms with Crippen LogP contribution in [0.5, 0.6) is 0 Å². The van der Waals surface area contributed by atoms with Gasteiger partial charge in [-0.2, -0.15) is 13.2 Å². The van der Waals surface area contributed by atoms with Gasteiger partial charge in [0, 0.05) is 11.9 Å². The Labute approximate surface area is 168 Å². The highest BCUT2D eigenvalue weighted by Crippen LogP contribution is 2.38. The van der Waals surface area contributed by atoms with Crippen LogP contribution in [0, 0.1) is 0 Å². The van der Waals surface area contributed by atoms with Gasteiger partial charge >= 0.3 is 6.18 Å². The summed E-state index contributed by atoms with van der Waals surface area (Å²) in [5.74, 6) is -0.359. The van der Waals surface area contributed by atoms with Crippen molar-refractivity contribution in [1.29, 1.82) is 0 Å². The van der Waals surface area contributed by atoms with Crippen molar-refractivity contribution in [2.75, 3.05) is 11.1 Å². The lowest BCUT2D eigenvalue weighted by atomic mass is 9.96. The fourth-order valence-corrected chi connectivity index (χ4v) is 3.80. The molecule has 3 rings (SSSR count). The molecule has 1 aliphatic carbocycles. The van der Waals surface area contributed by atoms with E-state index in [2.05, 4.69) is 10.3 Å². The summed E-state index contributed by atoms with van der Waals surface area (Å²) in [6, 6.07) is 6.22. The number of rotatable bonds is 5. The lowest BCUT2D eigenvalue weighted by molar-refractivity contribution is -0.137. The smallest absolute Gasteiger partial charge is 0.351 e. The summed E-state index contributed by atoms with van der Waals surface area (Å²) in [5.41, 5.74) is -0.919. The van der Waals surface area contributed by atoms with Crippen molar-refractivity contribution in [3.63, 3.8) is 0 Å². The average Bonchev–Trinajstić information content (AvgIpc) is 2.66. The van der Waals surface area contributed by atoms with Gasteiger partial charge in [0.1, 0.15) is 11.4 Å². The van der Waals surface area contributed by atoms with Gasteiger partial charge in [-0.05, 0) is 42.5 Å². The number of nitrogens with zero attached hydrogens (tertiary/aromatic N) is 1. The maximum absolute atomic E-state index is 13.1. The molecule has 146 valence electrons. The molecule has 0 amide bonds. The molecule has 9 heteroatoms. The molecule has 1 aliphatic rings. The van der Waals surface area contributed by atoms with Crippen LogP contribution in [0.1, 0.15) is 39.8 Å². The molecule has 1 aromatic carbocycles. The van der Waals surface area contributed by atoms with E-state index in [1.165, 1.54) is 36.2 Å². The summed E-state index contributed by atoms with van der Waals surface area (Å²) in [6.07, 6.45) is -2.48. The van der Waals surface area contributed by atoms with Gasteiger partial charge in [0.15, 0.2) is 0 Å². The molecule has 0 aliphatic heterocycles. The third-order valence-electron chi connectivity index (χ3n) is 3.92. The Hall–Kier alpha value is -2.32. The van der Waals surface area contributed by atoms with Crippen molar-refractivity contribution in [3.8, 4) is 0 Å². The van der Waals surface area contributed by atoms with E-state index in [0.29, 0.717) is 5.75 Å². The number of halogens is 4. The number of Topliss-reactive ketones (excluding diaryl/α,β-unsaturated/α-hetero) is 2. The topological polar surface area (TPSA) is 59.1 Å². The number of nitrogens with one attached hydrogen (secondary N) is 1. The van der Waals surface area contributed by atoms with Gasteiger partial charge in [0.2, 0.25) is 11.6 Å². The summed E-state index contributed by atoms with van der Waals surface area (Å²) >= 11 is 6.82. The monoisotopic (exact) mass is 426 g/mol. The number of alkyl halides is 3. The van der Waals surface area contributed by atoms with Crippen molar-refractivity contribution in [2.24, 2.45) is 0 Å². The van der Waals surface area contributed by atoms with Crippen LogP contribution in [0.25, 0.3) is 0 Å². The number of fused-ring (bicyclic) bond motifs is 1. The van der Waals surface area contributed by atoms with Crippen LogP contribution >= 0.6 is 23.4 Å². The predicted molar refractivity (Wildman–Crippen MR) is 103 cm³/mol. The molecule has 1 aromatic heterocycles. The second-order valence-electron chi connectivity index (χ2n) is 5.93. The normalized spacial score (nSPS) is 14.3. The molecule has 1 heterocycles. The van der Waals surface area contributed by atoms with E-state index in [0.717, 1.165) is 18.6 Å². The first kappa shape index (κ1) is 20.4. The minimum absolute atomic E-state index is 0.00909. The molecule has 0 unspecified atom stereocenters. The van der Waals surface area contributed by atoms with Crippen LogP contribution in [0.3, 0.4) is 0 Å². The van der Waals surface area contributed by atoms with E-state index in [9.17, 15) is 22.8 Å². The van der Waals surface area contributed by atoms with Gasteiger partial charge in [-0.3, -0.25) is 14.6 Å². The molecule has 4 nitrogen and oxygen atoms in total. The van der Waals surface area contributed by atoms with Crippen molar-refractivity contribution in [3.05, 3.63) is 69.0 Å². The standard InChI is InChI=1S/C19H14ClF3N2O2S/c1-2-8-28-18-15(16(26)11-4-3-7-24-14(11)17(18)27)25-10-5-6-13(20)12(9-10)19(21,22)23/h3-7,9,25H,2,8H2,1H3. The van der Waals surface area contributed by atoms with E-state index in [1.54, 1.807) is 0 Å². The summed E-state index contributed by atoms with van der Waals surface area (Å²) in [5, 5.41) is 2.25. The molecule has 0 spiro atoms. The van der Waals surface area contributed by atoms with Gasteiger partial charge in [0.25, 0.3) is 0 Å². The zero-order valence-corrected chi connectivity index (χ0v) is 16.1. The van der Waals surface area contributed by atoms with Crippen LogP contribution in [0.2, 0.25) is 5.02 Å². The molecule has 0 atom stereocenters. The summed E-state index contributed by atoms with van der Waals surface area (Å²) in [7, 11) is 0. The van der Waals surface area contributed by atoms with Gasteiger partial charge < -0.3 is 5.32 Å². The van der Waals surface area contributed by atoms with Gasteiger partial charge in [-0.1, -0.05) is 18.5 Å². The molecule has 2 aromatic rings. The zero-order chi connectivity index (χ0) is 20.5. The Balaban J connectivity index is 2.07. The molecule has 0 fully saturated rings. The number of allylic oxidation sites excluding steroid dienone is 2. The molecule has 0 radical (unpaired) electrons. The number of ketones is 2. The first-order chi connectivity index (χ1) is 13.2. The fourth-order valence-electron chi connectivity index (χ4n) is 2.65. The number of anilines is 1. The highest BCUT2D eigenvalue weighted by molar-refractivity contribution is 8.04. The Morgan fingerprint density at radius 1 is 1.18 bits per heavy atom. The van der Waals surface area contributed by atoms with Gasteiger partial charge in [-0.25, -0.2) is 0 Å². The van der Waals surface area contributed by atoms with Crippen LogP contribution in [-0.2, 0) is 6.18 Å². The van der Waals surface area contributed by atoms with Crippen molar-refractivity contribution >= 4 is 40.6 Å². The van der Waals surface area contributed by atoms with E-state index in [-0.39, 0.29) is 27.5 Å². The Bertz CT molecular complexity index is 989. The summed E-state index contributed by atoms with van der Waals surface area (Å²) in [6.45, 7) is 1.91. The molecule has 0 saturated heterocycles. The van der Waals surface area contributed by atoms with E-state index >= 15 is 0 Å². The van der Waals surface area contributed by atoms with E-state index in [1.807, 2.05) is 6.92 Å². The number of hydrogen-bond donors (Lipinski definition) is 1. The van der Waals surface area contributed by atoms with Crippen molar-refractivity contribution in [1.82, 2.24) is 4.98 Å². The first-order valence-electron chi connectivity index (χ1n) is 8.29. The van der Waals surface area contributed by atoms with Crippen LogP contribution in [0.4, 0.5) is 18.9 Å². The number of hydrogen-bond acceptors (Lipinski definition) is 5. The number of benzene rings is 1. The van der Waals surface area contributed by atoms with Gasteiger partial charge in [-0.15, -0.1) is 11.8 Å². The lowest BCUT2D eigenvalue weighted by Crippen LogP contribution is -2.26. The Morgan fingerprint density at radius 2 is 1.93 bits per heavy atom. The van der Waals surface area contributed by atoms with Crippen molar-refractivity contribution < 1.29 is 22.8 Å². The summed E-state index contributed by atoms with van der Waals surface area (Å²) < 4.78 is 39.4. The second kappa shape index (κ2) is 7.97. The zero-order valence-electron chi connectivity index (χ0n) is 14.6. The Morgan fingerprint density at radius 3 is 2.61 bits per heavy atom. The van der Waals surface area contributed by atoms with Gasteiger partial charge in [0.05, 0.1) is 21.1 Å². The number of pyridine rings is 1. The lowest BCUT2D eigenvalue weighted by Gasteiger charge is -2.21. The minimum atomic E-state index is -4.65. The highest BCUT2D eigenvalue weighted by Gasteiger charge is 2.35. The van der Waals surface area contributed by atoms with E-state index < -0.39 is 28.3 Å². The average molecular weight is 427 g/mol. The number of aromatic nitrogens is 1. The predicted octanol–water partition coefficient (Wildman–Crippen LogP) is 5.60. The number of carbonyl (C=O) groups excluding carboxylic acids is 2. The van der Waals surface area contributed by atoms with Crippen LogP contribution < -0.4 is 5.32 Å². The maximum Gasteiger partial charge on any atom is 0.417 e. The third kappa shape index (κ3) is 3.93. The fraction of sp³-hybridized carbons (Fsp3) is 0.211. The molecule has 0 bridgehead atoms. The highest BCUT2D eigenvalue weighted by atomic mass is 35.5.